The minimum atomic E-state index is 0.530. The van der Waals surface area contributed by atoms with E-state index < -0.39 is 0 Å². The van der Waals surface area contributed by atoms with Gasteiger partial charge < -0.3 is 10.6 Å². The number of para-hydroxylation sites is 1. The Labute approximate surface area is 133 Å². The van der Waals surface area contributed by atoms with Gasteiger partial charge in [0.15, 0.2) is 0 Å². The summed E-state index contributed by atoms with van der Waals surface area (Å²) in [6.45, 7) is 4.99. The highest BCUT2D eigenvalue weighted by atomic mass is 79.9. The molecule has 21 heavy (non-hydrogen) atoms. The largest absolute Gasteiger partial charge is 0.370 e. The summed E-state index contributed by atoms with van der Waals surface area (Å²) in [7, 11) is 0. The third-order valence-electron chi connectivity index (χ3n) is 3.58. The van der Waals surface area contributed by atoms with Crippen LogP contribution < -0.4 is 10.6 Å². The summed E-state index contributed by atoms with van der Waals surface area (Å²) in [6, 6.07) is 8.07. The summed E-state index contributed by atoms with van der Waals surface area (Å²) in [5.41, 5.74) is 2.07. The van der Waals surface area contributed by atoms with Crippen LogP contribution in [0.5, 0.6) is 0 Å². The fourth-order valence-electron chi connectivity index (χ4n) is 2.21. The molecular weight excluding hydrogens is 328 g/mol. The molecule has 0 bridgehead atoms. The van der Waals surface area contributed by atoms with Gasteiger partial charge >= 0.3 is 0 Å². The van der Waals surface area contributed by atoms with Gasteiger partial charge in [-0.2, -0.15) is 0 Å². The van der Waals surface area contributed by atoms with Gasteiger partial charge in [0, 0.05) is 22.5 Å². The lowest BCUT2D eigenvalue weighted by Crippen LogP contribution is -2.09. The van der Waals surface area contributed by atoms with Crippen molar-refractivity contribution in [2.75, 3.05) is 17.2 Å². The van der Waals surface area contributed by atoms with Crippen LogP contribution in [0, 0.1) is 6.92 Å². The Hall–Kier alpha value is -1.62. The smallest absolute Gasteiger partial charge is 0.139 e. The van der Waals surface area contributed by atoms with Crippen LogP contribution in [0.25, 0.3) is 0 Å². The third-order valence-corrected chi connectivity index (χ3v) is 4.27. The molecule has 1 aromatic carbocycles. The quantitative estimate of drug-likeness (QED) is 0.830. The van der Waals surface area contributed by atoms with Gasteiger partial charge in [0.25, 0.3) is 0 Å². The molecule has 0 saturated heterocycles. The van der Waals surface area contributed by atoms with Crippen molar-refractivity contribution < 1.29 is 0 Å². The highest BCUT2D eigenvalue weighted by molar-refractivity contribution is 9.10. The van der Waals surface area contributed by atoms with Crippen LogP contribution in [0.4, 0.5) is 17.3 Å². The van der Waals surface area contributed by atoms with E-state index in [0.717, 1.165) is 39.7 Å². The van der Waals surface area contributed by atoms with Crippen molar-refractivity contribution >= 4 is 33.3 Å². The number of aromatic nitrogens is 2. The summed E-state index contributed by atoms with van der Waals surface area (Å²) >= 11 is 3.57. The molecule has 1 heterocycles. The molecule has 2 N–H and O–H groups in total. The first kappa shape index (κ1) is 14.3. The van der Waals surface area contributed by atoms with Crippen molar-refractivity contribution in [1.82, 2.24) is 9.97 Å². The second-order valence-corrected chi connectivity index (χ2v) is 6.17. The maximum Gasteiger partial charge on any atom is 0.139 e. The highest BCUT2D eigenvalue weighted by Crippen LogP contribution is 2.40. The first-order valence-corrected chi connectivity index (χ1v) is 8.12. The van der Waals surface area contributed by atoms with Crippen LogP contribution in [-0.2, 0) is 0 Å². The van der Waals surface area contributed by atoms with Gasteiger partial charge in [-0.15, -0.1) is 0 Å². The average Bonchev–Trinajstić information content (AvgIpc) is 3.30. The number of hydrogen-bond donors (Lipinski definition) is 2. The Kier molecular flexibility index (Phi) is 4.10. The van der Waals surface area contributed by atoms with Crippen LogP contribution >= 0.6 is 15.9 Å². The Balaban J connectivity index is 1.98. The van der Waals surface area contributed by atoms with Crippen molar-refractivity contribution in [3.63, 3.8) is 0 Å². The van der Waals surface area contributed by atoms with E-state index in [1.54, 1.807) is 0 Å². The molecule has 0 unspecified atom stereocenters. The van der Waals surface area contributed by atoms with E-state index in [1.807, 2.05) is 31.2 Å². The zero-order valence-electron chi connectivity index (χ0n) is 12.3. The van der Waals surface area contributed by atoms with Gasteiger partial charge in [0.05, 0.1) is 5.69 Å². The lowest BCUT2D eigenvalue weighted by atomic mass is 10.2. The van der Waals surface area contributed by atoms with E-state index in [9.17, 15) is 0 Å². The second-order valence-electron chi connectivity index (χ2n) is 5.31. The Morgan fingerprint density at radius 2 is 1.90 bits per heavy atom. The molecule has 4 nitrogen and oxygen atoms in total. The summed E-state index contributed by atoms with van der Waals surface area (Å²) in [6.07, 6.45) is 2.40. The molecule has 1 aliphatic rings. The van der Waals surface area contributed by atoms with Gasteiger partial charge in [-0.3, -0.25) is 0 Å². The number of benzene rings is 1. The minimum absolute atomic E-state index is 0.530. The van der Waals surface area contributed by atoms with Gasteiger partial charge in [0.1, 0.15) is 17.5 Å². The van der Waals surface area contributed by atoms with Crippen LogP contribution in [0.1, 0.15) is 37.1 Å². The molecule has 0 aliphatic heterocycles. The SMILES string of the molecule is CCNc1nc(C2CC2)nc(Nc2ccccc2Br)c1C. The molecule has 1 aliphatic carbocycles. The maximum atomic E-state index is 4.73. The van der Waals surface area contributed by atoms with Crippen molar-refractivity contribution in [2.45, 2.75) is 32.6 Å². The molecule has 2 aromatic rings. The van der Waals surface area contributed by atoms with Crippen LogP contribution in [0.3, 0.4) is 0 Å². The number of rotatable bonds is 5. The number of halogens is 1. The molecule has 0 atom stereocenters. The Bertz CT molecular complexity index is 653. The molecule has 110 valence electrons. The monoisotopic (exact) mass is 346 g/mol. The van der Waals surface area contributed by atoms with Crippen molar-refractivity contribution in [3.8, 4) is 0 Å². The van der Waals surface area contributed by atoms with Crippen LogP contribution in [0.15, 0.2) is 28.7 Å². The van der Waals surface area contributed by atoms with E-state index in [0.29, 0.717) is 5.92 Å². The number of nitrogens with one attached hydrogen (secondary N) is 2. The standard InChI is InChI=1S/C16H19BrN4/c1-3-18-14-10(2)15(21-16(20-14)11-8-9-11)19-13-7-5-4-6-12(13)17/h4-7,11H,3,8-9H2,1-2H3,(H2,18,19,20,21). The van der Waals surface area contributed by atoms with Gasteiger partial charge in [-0.1, -0.05) is 12.1 Å². The van der Waals surface area contributed by atoms with Crippen LogP contribution in [-0.4, -0.2) is 16.5 Å². The minimum Gasteiger partial charge on any atom is -0.370 e. The fourth-order valence-corrected chi connectivity index (χ4v) is 2.59. The van der Waals surface area contributed by atoms with Crippen molar-refractivity contribution in [3.05, 3.63) is 40.1 Å². The summed E-state index contributed by atoms with van der Waals surface area (Å²) in [5.74, 6) is 3.30. The van der Waals surface area contributed by atoms with Gasteiger partial charge in [0.2, 0.25) is 0 Å². The van der Waals surface area contributed by atoms with Gasteiger partial charge in [-0.25, -0.2) is 9.97 Å². The number of nitrogens with zero attached hydrogens (tertiary/aromatic N) is 2. The van der Waals surface area contributed by atoms with E-state index in [2.05, 4.69) is 38.5 Å². The van der Waals surface area contributed by atoms with Crippen molar-refractivity contribution in [1.29, 1.82) is 0 Å². The number of anilines is 3. The fraction of sp³-hybridized carbons (Fsp3) is 0.375. The first-order chi connectivity index (χ1) is 10.2. The predicted molar refractivity (Wildman–Crippen MR) is 90.3 cm³/mol. The van der Waals surface area contributed by atoms with E-state index >= 15 is 0 Å². The molecule has 5 heteroatoms. The number of hydrogen-bond acceptors (Lipinski definition) is 4. The topological polar surface area (TPSA) is 49.8 Å². The Morgan fingerprint density at radius 1 is 1.19 bits per heavy atom. The van der Waals surface area contributed by atoms with Gasteiger partial charge in [-0.05, 0) is 54.8 Å². The lowest BCUT2D eigenvalue weighted by Gasteiger charge is -2.15. The normalized spacial score (nSPS) is 14.0. The zero-order chi connectivity index (χ0) is 14.8. The third kappa shape index (κ3) is 3.18. The van der Waals surface area contributed by atoms with E-state index in [-0.39, 0.29) is 0 Å². The molecule has 1 fully saturated rings. The summed E-state index contributed by atoms with van der Waals surface area (Å²) in [5, 5.41) is 6.76. The lowest BCUT2D eigenvalue weighted by molar-refractivity contribution is 0.918. The van der Waals surface area contributed by atoms with Crippen molar-refractivity contribution in [2.24, 2.45) is 0 Å². The summed E-state index contributed by atoms with van der Waals surface area (Å²) < 4.78 is 1.03. The maximum absolute atomic E-state index is 4.73. The molecular formula is C16H19BrN4. The molecule has 0 radical (unpaired) electrons. The van der Waals surface area contributed by atoms with E-state index in [4.69, 9.17) is 4.98 Å². The molecule has 1 aromatic heterocycles. The molecule has 3 rings (SSSR count). The average molecular weight is 347 g/mol. The summed E-state index contributed by atoms with van der Waals surface area (Å²) in [4.78, 5) is 9.41. The zero-order valence-corrected chi connectivity index (χ0v) is 13.9. The first-order valence-electron chi connectivity index (χ1n) is 7.33. The predicted octanol–water partition coefficient (Wildman–Crippen LogP) is 4.60. The Morgan fingerprint density at radius 3 is 2.57 bits per heavy atom. The molecule has 1 saturated carbocycles. The van der Waals surface area contributed by atoms with E-state index in [1.165, 1.54) is 12.8 Å². The molecule has 0 spiro atoms. The highest BCUT2D eigenvalue weighted by Gasteiger charge is 2.28. The van der Waals surface area contributed by atoms with Crippen LogP contribution in [0.2, 0.25) is 0 Å². The molecule has 0 amide bonds. The second kappa shape index (κ2) is 6.02.